The molecule has 1 aliphatic rings. The Morgan fingerprint density at radius 2 is 2.06 bits per heavy atom. The number of nitrogens with zero attached hydrogens (tertiary/aromatic N) is 2. The number of aromatic nitrogens is 2. The second-order valence-corrected chi connectivity index (χ2v) is 5.27. The Kier molecular flexibility index (Phi) is 2.70. The van der Waals surface area contributed by atoms with Crippen molar-refractivity contribution >= 4 is 27.5 Å². The number of halogens is 1. The highest BCUT2D eigenvalue weighted by molar-refractivity contribution is 9.10. The van der Waals surface area contributed by atoms with Gasteiger partial charge in [0, 0.05) is 28.0 Å². The Labute approximate surface area is 113 Å². The number of aromatic amines is 1. The fraction of sp³-hybridized carbons (Fsp3) is 0.231. The summed E-state index contributed by atoms with van der Waals surface area (Å²) in [6.07, 6.45) is 0.847. The number of hydrogen-bond acceptors (Lipinski definition) is 2. The molecule has 0 bridgehead atoms. The van der Waals surface area contributed by atoms with Crippen molar-refractivity contribution < 1.29 is 4.79 Å². The lowest BCUT2D eigenvalue weighted by Crippen LogP contribution is -2.37. The molecule has 18 heavy (non-hydrogen) atoms. The van der Waals surface area contributed by atoms with Gasteiger partial charge in [-0.1, -0.05) is 15.9 Å². The van der Waals surface area contributed by atoms with E-state index in [-0.39, 0.29) is 5.91 Å². The molecule has 1 aliphatic heterocycles. The van der Waals surface area contributed by atoms with Crippen LogP contribution in [0.25, 0.3) is 0 Å². The van der Waals surface area contributed by atoms with E-state index in [9.17, 15) is 4.79 Å². The van der Waals surface area contributed by atoms with Crippen LogP contribution < -0.4 is 4.90 Å². The van der Waals surface area contributed by atoms with Crippen LogP contribution in [0.3, 0.4) is 0 Å². The van der Waals surface area contributed by atoms with Crippen LogP contribution in [0.2, 0.25) is 0 Å². The molecule has 0 fully saturated rings. The quantitative estimate of drug-likeness (QED) is 0.880. The number of hydrogen-bond donors (Lipinski definition) is 1. The van der Waals surface area contributed by atoms with Crippen molar-refractivity contribution in [3.8, 4) is 0 Å². The summed E-state index contributed by atoms with van der Waals surface area (Å²) in [6, 6.07) is 7.75. The van der Waals surface area contributed by atoms with Crippen molar-refractivity contribution in [1.82, 2.24) is 10.2 Å². The maximum absolute atomic E-state index is 12.3. The fourth-order valence-corrected chi connectivity index (χ4v) is 2.52. The maximum Gasteiger partial charge on any atom is 0.279 e. The lowest BCUT2D eigenvalue weighted by molar-refractivity contribution is 0.0976. The SMILES string of the molecule is Cc1[nH]nc2c1CCN(c1ccc(Br)cc1)C2=O. The molecular weight excluding hydrogens is 294 g/mol. The highest BCUT2D eigenvalue weighted by Gasteiger charge is 2.29. The van der Waals surface area contributed by atoms with Gasteiger partial charge in [-0.2, -0.15) is 5.10 Å². The van der Waals surface area contributed by atoms with Gasteiger partial charge in [0.2, 0.25) is 0 Å². The van der Waals surface area contributed by atoms with Gasteiger partial charge in [-0.3, -0.25) is 9.89 Å². The normalized spacial score (nSPS) is 14.8. The number of carbonyl (C=O) groups is 1. The largest absolute Gasteiger partial charge is 0.307 e. The Hall–Kier alpha value is -1.62. The van der Waals surface area contributed by atoms with Crippen LogP contribution in [0.5, 0.6) is 0 Å². The molecule has 1 N–H and O–H groups in total. The number of anilines is 1. The summed E-state index contributed by atoms with van der Waals surface area (Å²) in [5, 5.41) is 6.99. The lowest BCUT2D eigenvalue weighted by Gasteiger charge is -2.26. The van der Waals surface area contributed by atoms with Crippen molar-refractivity contribution in [2.45, 2.75) is 13.3 Å². The summed E-state index contributed by atoms with van der Waals surface area (Å²) in [4.78, 5) is 14.1. The molecule has 0 unspecified atom stereocenters. The Bertz CT molecular complexity index is 603. The third kappa shape index (κ3) is 1.75. The first-order valence-electron chi connectivity index (χ1n) is 5.78. The molecule has 0 atom stereocenters. The Morgan fingerprint density at radius 3 is 2.78 bits per heavy atom. The van der Waals surface area contributed by atoms with Gasteiger partial charge in [0.15, 0.2) is 5.69 Å². The zero-order valence-electron chi connectivity index (χ0n) is 9.90. The molecule has 3 rings (SSSR count). The number of nitrogens with one attached hydrogen (secondary N) is 1. The van der Waals surface area contributed by atoms with E-state index in [4.69, 9.17) is 0 Å². The Balaban J connectivity index is 1.97. The molecule has 1 aromatic carbocycles. The number of benzene rings is 1. The highest BCUT2D eigenvalue weighted by Crippen LogP contribution is 2.25. The molecule has 0 aliphatic carbocycles. The molecular formula is C13H12BrN3O. The van der Waals surface area contributed by atoms with Crippen molar-refractivity contribution in [2.24, 2.45) is 0 Å². The van der Waals surface area contributed by atoms with Gasteiger partial charge in [0.1, 0.15) is 0 Å². The number of rotatable bonds is 1. The van der Waals surface area contributed by atoms with Gasteiger partial charge in [0.25, 0.3) is 5.91 Å². The molecule has 5 heteroatoms. The van der Waals surface area contributed by atoms with Gasteiger partial charge in [-0.15, -0.1) is 0 Å². The van der Waals surface area contributed by atoms with Gasteiger partial charge >= 0.3 is 0 Å². The van der Waals surface area contributed by atoms with E-state index in [1.54, 1.807) is 4.90 Å². The van der Waals surface area contributed by atoms with E-state index in [0.29, 0.717) is 12.2 Å². The molecule has 2 aromatic rings. The summed E-state index contributed by atoms with van der Waals surface area (Å²) in [6.45, 7) is 2.66. The molecule has 1 aromatic heterocycles. The van der Waals surface area contributed by atoms with Crippen LogP contribution >= 0.6 is 15.9 Å². The van der Waals surface area contributed by atoms with Crippen molar-refractivity contribution in [2.75, 3.05) is 11.4 Å². The number of H-pyrrole nitrogens is 1. The molecule has 0 saturated heterocycles. The van der Waals surface area contributed by atoms with Crippen LogP contribution in [0.1, 0.15) is 21.7 Å². The molecule has 0 spiro atoms. The van der Waals surface area contributed by atoms with Crippen molar-refractivity contribution in [1.29, 1.82) is 0 Å². The number of carbonyl (C=O) groups excluding carboxylic acids is 1. The first-order valence-corrected chi connectivity index (χ1v) is 6.57. The highest BCUT2D eigenvalue weighted by atomic mass is 79.9. The summed E-state index contributed by atoms with van der Waals surface area (Å²) >= 11 is 3.39. The summed E-state index contributed by atoms with van der Waals surface area (Å²) in [5.41, 5.74) is 3.51. The number of fused-ring (bicyclic) bond motifs is 1. The van der Waals surface area contributed by atoms with Gasteiger partial charge in [-0.05, 0) is 37.6 Å². The van der Waals surface area contributed by atoms with E-state index in [0.717, 1.165) is 27.8 Å². The minimum Gasteiger partial charge on any atom is -0.307 e. The average Bonchev–Trinajstić information content (AvgIpc) is 2.74. The van der Waals surface area contributed by atoms with E-state index < -0.39 is 0 Å². The second kappa shape index (κ2) is 4.24. The summed E-state index contributed by atoms with van der Waals surface area (Å²) in [5.74, 6) is -0.0251. The van der Waals surface area contributed by atoms with Crippen molar-refractivity contribution in [3.05, 3.63) is 45.7 Å². The van der Waals surface area contributed by atoms with Gasteiger partial charge in [0.05, 0.1) is 0 Å². The monoisotopic (exact) mass is 305 g/mol. The topological polar surface area (TPSA) is 49.0 Å². The van der Waals surface area contributed by atoms with Crippen molar-refractivity contribution in [3.63, 3.8) is 0 Å². The minimum atomic E-state index is -0.0251. The van der Waals surface area contributed by atoms with E-state index in [1.807, 2.05) is 31.2 Å². The zero-order chi connectivity index (χ0) is 12.7. The average molecular weight is 306 g/mol. The minimum absolute atomic E-state index is 0.0251. The van der Waals surface area contributed by atoms with Gasteiger partial charge < -0.3 is 4.90 Å². The van der Waals surface area contributed by atoms with Gasteiger partial charge in [-0.25, -0.2) is 0 Å². The first-order chi connectivity index (χ1) is 8.66. The summed E-state index contributed by atoms with van der Waals surface area (Å²) in [7, 11) is 0. The first kappa shape index (κ1) is 11.5. The third-order valence-electron chi connectivity index (χ3n) is 3.25. The predicted molar refractivity (Wildman–Crippen MR) is 72.8 cm³/mol. The zero-order valence-corrected chi connectivity index (χ0v) is 11.5. The van der Waals surface area contributed by atoms with Crippen LogP contribution in [-0.2, 0) is 6.42 Å². The van der Waals surface area contributed by atoms with Crippen LogP contribution in [0, 0.1) is 6.92 Å². The van der Waals surface area contributed by atoms with Crippen LogP contribution in [0.4, 0.5) is 5.69 Å². The second-order valence-electron chi connectivity index (χ2n) is 4.36. The third-order valence-corrected chi connectivity index (χ3v) is 3.77. The fourth-order valence-electron chi connectivity index (χ4n) is 2.26. The van der Waals surface area contributed by atoms with E-state index >= 15 is 0 Å². The predicted octanol–water partition coefficient (Wildman–Crippen LogP) is 2.68. The molecule has 0 radical (unpaired) electrons. The maximum atomic E-state index is 12.3. The lowest BCUT2D eigenvalue weighted by atomic mass is 10.0. The standard InChI is InChI=1S/C13H12BrN3O/c1-8-11-6-7-17(13(18)12(11)16-15-8)10-4-2-9(14)3-5-10/h2-5H,6-7H2,1H3,(H,15,16). The molecule has 1 amide bonds. The number of aryl methyl sites for hydroxylation is 1. The van der Waals surface area contributed by atoms with E-state index in [1.165, 1.54) is 0 Å². The molecule has 4 nitrogen and oxygen atoms in total. The van der Waals surface area contributed by atoms with Crippen LogP contribution in [0.15, 0.2) is 28.7 Å². The number of amides is 1. The van der Waals surface area contributed by atoms with Crippen LogP contribution in [-0.4, -0.2) is 22.6 Å². The molecule has 2 heterocycles. The molecule has 0 saturated carbocycles. The molecule has 92 valence electrons. The summed E-state index contributed by atoms with van der Waals surface area (Å²) < 4.78 is 1.01. The van der Waals surface area contributed by atoms with E-state index in [2.05, 4.69) is 26.1 Å². The Morgan fingerprint density at radius 1 is 1.33 bits per heavy atom. The smallest absolute Gasteiger partial charge is 0.279 e.